The van der Waals surface area contributed by atoms with E-state index in [0.29, 0.717) is 23.7 Å². The van der Waals surface area contributed by atoms with Gasteiger partial charge in [-0.25, -0.2) is 8.42 Å². The van der Waals surface area contributed by atoms with Gasteiger partial charge in [0.25, 0.3) is 0 Å². The van der Waals surface area contributed by atoms with Crippen molar-refractivity contribution < 1.29 is 13.2 Å². The molecule has 1 unspecified atom stereocenters. The minimum atomic E-state index is -3.55. The largest absolute Gasteiger partial charge is 0.351 e. The number of amides is 1. The van der Waals surface area contributed by atoms with Crippen LogP contribution in [0.4, 0.5) is 0 Å². The van der Waals surface area contributed by atoms with Crippen molar-refractivity contribution in [1.82, 2.24) is 14.9 Å². The first-order chi connectivity index (χ1) is 14.4. The van der Waals surface area contributed by atoms with Gasteiger partial charge in [-0.2, -0.15) is 4.31 Å². The van der Waals surface area contributed by atoms with E-state index in [0.717, 1.165) is 24.8 Å². The molecule has 2 aromatic carbocycles. The average Bonchev–Trinajstić information content (AvgIpc) is 2.76. The molecule has 1 atom stereocenters. The summed E-state index contributed by atoms with van der Waals surface area (Å²) in [5, 5.41) is 6.63. The van der Waals surface area contributed by atoms with Gasteiger partial charge < -0.3 is 10.6 Å². The zero-order valence-corrected chi connectivity index (χ0v) is 18.7. The summed E-state index contributed by atoms with van der Waals surface area (Å²) in [7, 11) is -3.55. The standard InChI is InChI=1S/C22H28ClN3O3S/c1-17(18-9-7-10-20(23)14-18)24-16-22(27)25-15-19-8-3-4-11-21(19)30(28,29)26-12-5-2-6-13-26/h3-4,7-11,14,17,24H,2,5-6,12-13,15-16H2,1H3,(H,25,27). The molecule has 2 aromatic rings. The summed E-state index contributed by atoms with van der Waals surface area (Å²) >= 11 is 6.02. The lowest BCUT2D eigenvalue weighted by molar-refractivity contribution is -0.120. The van der Waals surface area contributed by atoms with Crippen LogP contribution in [0.25, 0.3) is 0 Å². The van der Waals surface area contributed by atoms with Gasteiger partial charge in [-0.1, -0.05) is 48.4 Å². The zero-order valence-electron chi connectivity index (χ0n) is 17.1. The second-order valence-electron chi connectivity index (χ2n) is 7.51. The third kappa shape index (κ3) is 5.82. The highest BCUT2D eigenvalue weighted by atomic mass is 35.5. The van der Waals surface area contributed by atoms with Crippen molar-refractivity contribution in [3.8, 4) is 0 Å². The third-order valence-electron chi connectivity index (χ3n) is 5.30. The van der Waals surface area contributed by atoms with Crippen molar-refractivity contribution in [2.75, 3.05) is 19.6 Å². The Labute approximate surface area is 183 Å². The maximum absolute atomic E-state index is 13.0. The van der Waals surface area contributed by atoms with Gasteiger partial charge in [-0.05, 0) is 49.1 Å². The van der Waals surface area contributed by atoms with E-state index in [1.165, 1.54) is 0 Å². The summed E-state index contributed by atoms with van der Waals surface area (Å²) in [5.74, 6) is -0.200. The number of hydrogen-bond acceptors (Lipinski definition) is 4. The molecule has 1 heterocycles. The minimum Gasteiger partial charge on any atom is -0.351 e. The van der Waals surface area contributed by atoms with Crippen LogP contribution in [-0.2, 0) is 21.4 Å². The third-order valence-corrected chi connectivity index (χ3v) is 7.53. The van der Waals surface area contributed by atoms with E-state index in [2.05, 4.69) is 10.6 Å². The zero-order chi connectivity index (χ0) is 21.6. The van der Waals surface area contributed by atoms with Gasteiger partial charge in [0, 0.05) is 30.7 Å². The van der Waals surface area contributed by atoms with Crippen molar-refractivity contribution in [3.05, 3.63) is 64.7 Å². The lowest BCUT2D eigenvalue weighted by atomic mass is 10.1. The van der Waals surface area contributed by atoms with Crippen LogP contribution in [0.1, 0.15) is 43.4 Å². The first kappa shape index (κ1) is 22.7. The summed E-state index contributed by atoms with van der Waals surface area (Å²) in [6.45, 7) is 3.34. The number of carbonyl (C=O) groups is 1. The summed E-state index contributed by atoms with van der Waals surface area (Å²) in [6.07, 6.45) is 2.83. The number of nitrogens with zero attached hydrogens (tertiary/aromatic N) is 1. The molecule has 8 heteroatoms. The molecular weight excluding hydrogens is 422 g/mol. The van der Waals surface area contributed by atoms with Gasteiger partial charge in [0.1, 0.15) is 0 Å². The Balaban J connectivity index is 1.59. The van der Waals surface area contributed by atoms with Crippen molar-refractivity contribution in [3.63, 3.8) is 0 Å². The molecule has 1 aliphatic rings. The maximum Gasteiger partial charge on any atom is 0.243 e. The number of carbonyl (C=O) groups excluding carboxylic acids is 1. The summed E-state index contributed by atoms with van der Waals surface area (Å²) in [5.41, 5.74) is 1.59. The van der Waals surface area contributed by atoms with E-state index in [1.807, 2.05) is 25.1 Å². The van der Waals surface area contributed by atoms with Gasteiger partial charge in [-0.15, -0.1) is 0 Å². The predicted molar refractivity (Wildman–Crippen MR) is 119 cm³/mol. The summed E-state index contributed by atoms with van der Waals surface area (Å²) in [6, 6.07) is 14.3. The first-order valence-corrected chi connectivity index (χ1v) is 12.0. The molecule has 0 aromatic heterocycles. The molecule has 3 rings (SSSR count). The van der Waals surface area contributed by atoms with Gasteiger partial charge in [0.05, 0.1) is 11.4 Å². The van der Waals surface area contributed by atoms with Gasteiger partial charge in [-0.3, -0.25) is 4.79 Å². The van der Waals surface area contributed by atoms with Crippen LogP contribution in [0, 0.1) is 0 Å². The molecule has 0 spiro atoms. The predicted octanol–water partition coefficient (Wildman–Crippen LogP) is 3.48. The van der Waals surface area contributed by atoms with Crippen LogP contribution in [0.15, 0.2) is 53.4 Å². The number of piperidine rings is 1. The van der Waals surface area contributed by atoms with Crippen LogP contribution >= 0.6 is 11.6 Å². The van der Waals surface area contributed by atoms with Gasteiger partial charge in [0.2, 0.25) is 15.9 Å². The van der Waals surface area contributed by atoms with Gasteiger partial charge >= 0.3 is 0 Å². The Kier molecular flexibility index (Phi) is 7.88. The topological polar surface area (TPSA) is 78.5 Å². The van der Waals surface area contributed by atoms with E-state index >= 15 is 0 Å². The number of sulfonamides is 1. The molecule has 30 heavy (non-hydrogen) atoms. The average molecular weight is 450 g/mol. The fraction of sp³-hybridized carbons (Fsp3) is 0.409. The van der Waals surface area contributed by atoms with Gasteiger partial charge in [0.15, 0.2) is 0 Å². The molecular formula is C22H28ClN3O3S. The Morgan fingerprint density at radius 2 is 1.83 bits per heavy atom. The molecule has 1 fully saturated rings. The number of rotatable bonds is 8. The van der Waals surface area contributed by atoms with Crippen LogP contribution in [0.2, 0.25) is 5.02 Å². The van der Waals surface area contributed by atoms with E-state index in [4.69, 9.17) is 11.6 Å². The fourth-order valence-corrected chi connectivity index (χ4v) is 5.48. The van der Waals surface area contributed by atoms with Crippen molar-refractivity contribution in [2.24, 2.45) is 0 Å². The molecule has 162 valence electrons. The van der Waals surface area contributed by atoms with E-state index in [-0.39, 0.29) is 29.9 Å². The molecule has 2 N–H and O–H groups in total. The SMILES string of the molecule is CC(NCC(=O)NCc1ccccc1S(=O)(=O)N1CCCCC1)c1cccc(Cl)c1. The molecule has 0 saturated carbocycles. The normalized spacial score (nSPS) is 16.2. The first-order valence-electron chi connectivity index (χ1n) is 10.2. The molecule has 0 aliphatic carbocycles. The highest BCUT2D eigenvalue weighted by Crippen LogP contribution is 2.23. The fourth-order valence-electron chi connectivity index (χ4n) is 3.54. The molecule has 1 aliphatic heterocycles. The Morgan fingerprint density at radius 1 is 1.10 bits per heavy atom. The number of hydrogen-bond donors (Lipinski definition) is 2. The van der Waals surface area contributed by atoms with Crippen LogP contribution in [-0.4, -0.2) is 38.3 Å². The molecule has 1 amide bonds. The Bertz CT molecular complexity index is 975. The number of benzene rings is 2. The second-order valence-corrected chi connectivity index (χ2v) is 9.85. The van der Waals surface area contributed by atoms with Crippen LogP contribution < -0.4 is 10.6 Å². The second kappa shape index (κ2) is 10.4. The van der Waals surface area contributed by atoms with Crippen LogP contribution in [0.5, 0.6) is 0 Å². The van der Waals surface area contributed by atoms with Crippen molar-refractivity contribution >= 4 is 27.5 Å². The highest BCUT2D eigenvalue weighted by Gasteiger charge is 2.27. The summed E-state index contributed by atoms with van der Waals surface area (Å²) < 4.78 is 27.6. The minimum absolute atomic E-state index is 0.0405. The lowest BCUT2D eigenvalue weighted by Crippen LogP contribution is -2.37. The molecule has 1 saturated heterocycles. The molecule has 0 bridgehead atoms. The molecule has 0 radical (unpaired) electrons. The van der Waals surface area contributed by atoms with E-state index in [9.17, 15) is 13.2 Å². The lowest BCUT2D eigenvalue weighted by Gasteiger charge is -2.26. The monoisotopic (exact) mass is 449 g/mol. The van der Waals surface area contributed by atoms with Crippen molar-refractivity contribution in [1.29, 1.82) is 0 Å². The Morgan fingerprint density at radius 3 is 2.57 bits per heavy atom. The Hall–Kier alpha value is -1.93. The van der Waals surface area contributed by atoms with Crippen LogP contribution in [0.3, 0.4) is 0 Å². The quantitative estimate of drug-likeness (QED) is 0.646. The summed E-state index contributed by atoms with van der Waals surface area (Å²) in [4.78, 5) is 12.6. The van der Waals surface area contributed by atoms with Crippen molar-refractivity contribution in [2.45, 2.75) is 43.7 Å². The van der Waals surface area contributed by atoms with E-state index < -0.39 is 10.0 Å². The molecule has 6 nitrogen and oxygen atoms in total. The van der Waals surface area contributed by atoms with E-state index in [1.54, 1.807) is 34.6 Å². The maximum atomic E-state index is 13.0. The number of halogens is 1. The number of nitrogens with one attached hydrogen (secondary N) is 2. The smallest absolute Gasteiger partial charge is 0.243 e. The highest BCUT2D eigenvalue weighted by molar-refractivity contribution is 7.89.